The number of nitrogens with one attached hydrogen (secondary N) is 2. The fourth-order valence-corrected chi connectivity index (χ4v) is 6.84. The first-order chi connectivity index (χ1) is 21.2. The molecule has 2 aliphatic rings. The smallest absolute Gasteiger partial charge is 0.347 e. The number of β-lactam (4-membered cyclic amide) rings is 1. The van der Waals surface area contributed by atoms with Crippen molar-refractivity contribution < 1.29 is 38.7 Å². The van der Waals surface area contributed by atoms with Crippen LogP contribution in [0.15, 0.2) is 71.2 Å². The number of thiazole rings is 1. The molecule has 2 saturated heterocycles. The van der Waals surface area contributed by atoms with E-state index in [0.717, 1.165) is 34.2 Å². The van der Waals surface area contributed by atoms with E-state index in [1.54, 1.807) is 0 Å². The third-order valence-electron chi connectivity index (χ3n) is 6.65. The zero-order valence-electron chi connectivity index (χ0n) is 22.6. The minimum atomic E-state index is -1.62. The molecule has 3 heterocycles. The standard InChI is InChI=1S/C28H24ClN5O8S2/c29-28(26(39)40)13-34-24(38)21(25(34)44-14-28)32-23(37)20(18-12-43-27(31-18)30-15-35)33-41-11-19(36)42-22(16-7-3-1-4-8-16)17-9-5-2-6-10-17/h1-10,12,15,21-22,25H,11,13-14H2,(H,32,37)(H,39,40)(H,30,31,35)/t21?,25-,28?/m1/s1. The highest BCUT2D eigenvalue weighted by Gasteiger charge is 2.57. The number of aromatic nitrogens is 1. The van der Waals surface area contributed by atoms with Crippen molar-refractivity contribution >= 4 is 75.7 Å². The van der Waals surface area contributed by atoms with Gasteiger partial charge >= 0.3 is 11.9 Å². The van der Waals surface area contributed by atoms with Crippen molar-refractivity contribution in [3.05, 3.63) is 82.9 Å². The number of fused-ring (bicyclic) bond motifs is 1. The predicted octanol–water partition coefficient (Wildman–Crippen LogP) is 2.23. The Bertz CT molecular complexity index is 1550. The molecule has 0 spiro atoms. The second-order valence-corrected chi connectivity index (χ2v) is 12.3. The third-order valence-corrected chi connectivity index (χ3v) is 9.53. The van der Waals surface area contributed by atoms with Crippen LogP contribution in [0, 0.1) is 0 Å². The van der Waals surface area contributed by atoms with Gasteiger partial charge in [0, 0.05) is 11.1 Å². The van der Waals surface area contributed by atoms with Gasteiger partial charge in [0.1, 0.15) is 17.1 Å². The lowest BCUT2D eigenvalue weighted by atomic mass is 10.0. The Morgan fingerprint density at radius 2 is 1.82 bits per heavy atom. The summed E-state index contributed by atoms with van der Waals surface area (Å²) < 4.78 is 5.70. The summed E-state index contributed by atoms with van der Waals surface area (Å²) >= 11 is 8.29. The van der Waals surface area contributed by atoms with Crippen molar-refractivity contribution in [3.8, 4) is 0 Å². The number of ether oxygens (including phenoxy) is 1. The number of carboxylic acids is 1. The first kappa shape index (κ1) is 31.0. The minimum Gasteiger partial charge on any atom is -0.480 e. The first-order valence-electron chi connectivity index (χ1n) is 13.0. The Morgan fingerprint density at radius 3 is 2.43 bits per heavy atom. The molecule has 0 saturated carbocycles. The average Bonchev–Trinajstić information content (AvgIpc) is 3.49. The maximum atomic E-state index is 13.3. The van der Waals surface area contributed by atoms with Crippen LogP contribution in [-0.4, -0.2) is 86.1 Å². The van der Waals surface area contributed by atoms with E-state index in [1.807, 2.05) is 60.7 Å². The maximum Gasteiger partial charge on any atom is 0.347 e. The zero-order chi connectivity index (χ0) is 31.3. The van der Waals surface area contributed by atoms with Crippen LogP contribution in [0.2, 0.25) is 0 Å². The molecule has 2 unspecified atom stereocenters. The maximum absolute atomic E-state index is 13.3. The van der Waals surface area contributed by atoms with Crippen LogP contribution in [-0.2, 0) is 33.5 Å². The van der Waals surface area contributed by atoms with Gasteiger partial charge in [-0.05, 0) is 11.1 Å². The molecule has 0 aliphatic carbocycles. The Labute approximate surface area is 263 Å². The summed E-state index contributed by atoms with van der Waals surface area (Å²) in [5, 5.41) is 19.3. The zero-order valence-corrected chi connectivity index (χ0v) is 25.0. The number of benzene rings is 2. The number of thioether (sulfide) groups is 1. The largest absolute Gasteiger partial charge is 0.480 e. The lowest BCUT2D eigenvalue weighted by Crippen LogP contribution is -2.74. The van der Waals surface area contributed by atoms with Crippen molar-refractivity contribution in [2.24, 2.45) is 5.16 Å². The number of carboxylic acid groups (broad SMARTS) is 1. The topological polar surface area (TPSA) is 177 Å². The number of aliphatic carboxylic acids is 1. The summed E-state index contributed by atoms with van der Waals surface area (Å²) in [6, 6.07) is 17.3. The van der Waals surface area contributed by atoms with Crippen LogP contribution in [0.3, 0.4) is 0 Å². The fourth-order valence-electron chi connectivity index (χ4n) is 4.49. The van der Waals surface area contributed by atoms with Gasteiger partial charge in [-0.15, -0.1) is 34.7 Å². The summed E-state index contributed by atoms with van der Waals surface area (Å²) in [5.74, 6) is -3.33. The van der Waals surface area contributed by atoms with E-state index in [2.05, 4.69) is 20.8 Å². The summed E-state index contributed by atoms with van der Waals surface area (Å²) in [6.45, 7) is -0.864. The highest BCUT2D eigenvalue weighted by atomic mass is 35.5. The van der Waals surface area contributed by atoms with Gasteiger partial charge in [-0.3, -0.25) is 19.2 Å². The van der Waals surface area contributed by atoms with E-state index >= 15 is 0 Å². The Hall–Kier alpha value is -4.47. The van der Waals surface area contributed by atoms with Crippen molar-refractivity contribution in [1.82, 2.24) is 15.2 Å². The summed E-state index contributed by atoms with van der Waals surface area (Å²) in [5.41, 5.74) is 1.13. The lowest BCUT2D eigenvalue weighted by Gasteiger charge is -2.52. The normalized spacial score (nSPS) is 21.1. The van der Waals surface area contributed by atoms with Gasteiger partial charge < -0.3 is 30.2 Å². The minimum absolute atomic E-state index is 0.0160. The van der Waals surface area contributed by atoms with Gasteiger partial charge in [0.25, 0.3) is 5.91 Å². The van der Waals surface area contributed by atoms with Crippen molar-refractivity contribution in [1.29, 1.82) is 0 Å². The van der Waals surface area contributed by atoms with Gasteiger partial charge in [0.15, 0.2) is 21.8 Å². The monoisotopic (exact) mass is 657 g/mol. The second kappa shape index (κ2) is 13.4. The van der Waals surface area contributed by atoms with Crippen LogP contribution in [0.25, 0.3) is 0 Å². The van der Waals surface area contributed by atoms with E-state index in [-0.39, 0.29) is 28.8 Å². The highest BCUT2D eigenvalue weighted by Crippen LogP contribution is 2.41. The number of nitrogens with zero attached hydrogens (tertiary/aromatic N) is 3. The molecule has 3 aromatic rings. The van der Waals surface area contributed by atoms with Gasteiger partial charge in [0.2, 0.25) is 18.9 Å². The molecule has 44 heavy (non-hydrogen) atoms. The number of hydrogen-bond acceptors (Lipinski definition) is 11. The molecule has 0 radical (unpaired) electrons. The molecule has 228 valence electrons. The van der Waals surface area contributed by atoms with Crippen molar-refractivity contribution in [2.45, 2.75) is 22.4 Å². The van der Waals surface area contributed by atoms with E-state index in [9.17, 15) is 29.1 Å². The van der Waals surface area contributed by atoms with Gasteiger partial charge in [0.05, 0.1) is 6.54 Å². The number of halogens is 1. The molecular formula is C28H24ClN5O8S2. The number of esters is 1. The van der Waals surface area contributed by atoms with Gasteiger partial charge in [-0.1, -0.05) is 65.8 Å². The first-order valence-corrected chi connectivity index (χ1v) is 15.3. The Morgan fingerprint density at radius 1 is 1.16 bits per heavy atom. The van der Waals surface area contributed by atoms with Crippen molar-refractivity contribution in [3.63, 3.8) is 0 Å². The lowest BCUT2D eigenvalue weighted by molar-refractivity contribution is -0.153. The molecule has 2 aromatic carbocycles. The summed E-state index contributed by atoms with van der Waals surface area (Å²) in [6.07, 6.45) is -0.304. The quantitative estimate of drug-likeness (QED) is 0.0654. The predicted molar refractivity (Wildman–Crippen MR) is 161 cm³/mol. The van der Waals surface area contributed by atoms with E-state index in [4.69, 9.17) is 21.2 Å². The molecular weight excluding hydrogens is 634 g/mol. The average molecular weight is 658 g/mol. The number of carbonyl (C=O) groups excluding carboxylic acids is 4. The molecule has 16 heteroatoms. The Kier molecular flexibility index (Phi) is 9.46. The molecule has 3 N–H and O–H groups in total. The fraction of sp³-hybridized carbons (Fsp3) is 0.250. The molecule has 3 atom stereocenters. The molecule has 0 bridgehead atoms. The number of amides is 3. The highest BCUT2D eigenvalue weighted by molar-refractivity contribution is 8.00. The van der Waals surface area contributed by atoms with Crippen LogP contribution >= 0.6 is 34.7 Å². The molecule has 1 aromatic heterocycles. The number of carbonyl (C=O) groups is 5. The molecule has 13 nitrogen and oxygen atoms in total. The second-order valence-electron chi connectivity index (χ2n) is 9.59. The number of rotatable bonds is 12. The molecule has 3 amide bonds. The van der Waals surface area contributed by atoms with E-state index in [0.29, 0.717) is 6.41 Å². The molecule has 2 fully saturated rings. The Balaban J connectivity index is 1.28. The van der Waals surface area contributed by atoms with Crippen LogP contribution < -0.4 is 10.6 Å². The summed E-state index contributed by atoms with van der Waals surface area (Å²) in [4.78, 5) is 70.4. The van der Waals surface area contributed by atoms with E-state index < -0.39 is 52.8 Å². The number of anilines is 1. The van der Waals surface area contributed by atoms with Crippen LogP contribution in [0.4, 0.5) is 5.13 Å². The van der Waals surface area contributed by atoms with Crippen molar-refractivity contribution in [2.75, 3.05) is 24.2 Å². The number of oxime groups is 1. The number of hydrogen-bond donors (Lipinski definition) is 3. The van der Waals surface area contributed by atoms with Crippen LogP contribution in [0.1, 0.15) is 22.9 Å². The van der Waals surface area contributed by atoms with Crippen LogP contribution in [0.5, 0.6) is 0 Å². The third kappa shape index (κ3) is 6.69. The molecule has 2 aliphatic heterocycles. The van der Waals surface area contributed by atoms with E-state index in [1.165, 1.54) is 10.3 Å². The van der Waals surface area contributed by atoms with Gasteiger partial charge in [-0.25, -0.2) is 9.78 Å². The SMILES string of the molecule is O=CNc1nc(C(=NOCC(=O)OC(c2ccccc2)c2ccccc2)C(=O)NC2C(=O)N3CC(Cl)(C(=O)O)CS[C@H]23)cs1. The number of alkyl halides is 1. The molecule has 5 rings (SSSR count). The van der Waals surface area contributed by atoms with Gasteiger partial charge in [-0.2, -0.15) is 0 Å². The summed E-state index contributed by atoms with van der Waals surface area (Å²) in [7, 11) is 0.